The van der Waals surface area contributed by atoms with E-state index in [9.17, 15) is 22.8 Å². The number of rotatable bonds is 8. The van der Waals surface area contributed by atoms with Gasteiger partial charge in [0.15, 0.2) is 0 Å². The summed E-state index contributed by atoms with van der Waals surface area (Å²) in [7, 11) is 0. The molecule has 0 aliphatic rings. The molecule has 3 nitrogen and oxygen atoms in total. The number of alkyl halides is 3. The third-order valence-electron chi connectivity index (χ3n) is 2.21. The summed E-state index contributed by atoms with van der Waals surface area (Å²) in [6, 6.07) is 0. The van der Waals surface area contributed by atoms with Gasteiger partial charge in [-0.3, -0.25) is 4.79 Å². The molecular formula is C11H17F3O3. The third-order valence-corrected chi connectivity index (χ3v) is 2.21. The van der Waals surface area contributed by atoms with Crippen LogP contribution in [0.25, 0.3) is 0 Å². The van der Waals surface area contributed by atoms with Crippen LogP contribution in [0.2, 0.25) is 0 Å². The van der Waals surface area contributed by atoms with Crippen molar-refractivity contribution in [2.45, 2.75) is 51.6 Å². The van der Waals surface area contributed by atoms with E-state index < -0.39 is 12.1 Å². The summed E-state index contributed by atoms with van der Waals surface area (Å²) >= 11 is 0. The first-order chi connectivity index (χ1) is 7.88. The number of hydrogen-bond donors (Lipinski definition) is 0. The summed E-state index contributed by atoms with van der Waals surface area (Å²) in [5.74, 6) is -1.95. The predicted octanol–water partition coefficient (Wildman–Crippen LogP) is 3.02. The molecular weight excluding hydrogens is 237 g/mol. The van der Waals surface area contributed by atoms with Crippen LogP contribution in [0.3, 0.4) is 0 Å². The van der Waals surface area contributed by atoms with Crippen molar-refractivity contribution in [2.75, 3.05) is 6.61 Å². The maximum atomic E-state index is 11.7. The molecule has 0 atom stereocenters. The first-order valence-corrected chi connectivity index (χ1v) is 5.63. The maximum Gasteiger partial charge on any atom is 0.490 e. The number of carbonyl (C=O) groups excluding carboxylic acids is 2. The van der Waals surface area contributed by atoms with Crippen molar-refractivity contribution in [1.29, 1.82) is 0 Å². The minimum atomic E-state index is -4.91. The second kappa shape index (κ2) is 8.08. The molecule has 0 aliphatic heterocycles. The summed E-state index contributed by atoms with van der Waals surface area (Å²) in [5.41, 5.74) is 0. The molecule has 0 amide bonds. The summed E-state index contributed by atoms with van der Waals surface area (Å²) in [6.45, 7) is 1.57. The molecule has 0 aromatic rings. The minimum Gasteiger partial charge on any atom is -0.459 e. The van der Waals surface area contributed by atoms with E-state index in [1.807, 2.05) is 0 Å². The zero-order valence-corrected chi connectivity index (χ0v) is 9.81. The molecule has 0 radical (unpaired) electrons. The van der Waals surface area contributed by atoms with Crippen molar-refractivity contribution in [3.63, 3.8) is 0 Å². The van der Waals surface area contributed by atoms with E-state index in [0.29, 0.717) is 25.7 Å². The van der Waals surface area contributed by atoms with Gasteiger partial charge in [-0.25, -0.2) is 4.79 Å². The highest BCUT2D eigenvalue weighted by molar-refractivity contribution is 5.77. The van der Waals surface area contributed by atoms with E-state index in [4.69, 9.17) is 0 Å². The van der Waals surface area contributed by atoms with E-state index in [-0.39, 0.29) is 12.4 Å². The fraction of sp³-hybridized carbons (Fsp3) is 0.818. The Morgan fingerprint density at radius 1 is 1.06 bits per heavy atom. The molecule has 17 heavy (non-hydrogen) atoms. The Kier molecular flexibility index (Phi) is 7.58. The normalized spacial score (nSPS) is 11.3. The first kappa shape index (κ1) is 15.9. The lowest BCUT2D eigenvalue weighted by Gasteiger charge is -2.06. The molecule has 0 aromatic carbocycles. The van der Waals surface area contributed by atoms with Gasteiger partial charge >= 0.3 is 12.1 Å². The average molecular weight is 254 g/mol. The minimum absolute atomic E-state index is 0.188. The van der Waals surface area contributed by atoms with Crippen molar-refractivity contribution in [2.24, 2.45) is 0 Å². The van der Waals surface area contributed by atoms with Gasteiger partial charge in [-0.2, -0.15) is 13.2 Å². The first-order valence-electron chi connectivity index (χ1n) is 5.63. The molecule has 0 N–H and O–H groups in total. The smallest absolute Gasteiger partial charge is 0.459 e. The van der Waals surface area contributed by atoms with Crippen LogP contribution >= 0.6 is 0 Å². The van der Waals surface area contributed by atoms with Gasteiger partial charge in [-0.1, -0.05) is 19.8 Å². The highest BCUT2D eigenvalue weighted by Gasteiger charge is 2.40. The van der Waals surface area contributed by atoms with Crippen molar-refractivity contribution in [3.8, 4) is 0 Å². The van der Waals surface area contributed by atoms with Crippen LogP contribution in [0.15, 0.2) is 0 Å². The molecule has 0 spiro atoms. The number of hydrogen-bond acceptors (Lipinski definition) is 3. The van der Waals surface area contributed by atoms with Crippen molar-refractivity contribution in [1.82, 2.24) is 0 Å². The van der Waals surface area contributed by atoms with E-state index in [1.165, 1.54) is 0 Å². The monoisotopic (exact) mass is 254 g/mol. The lowest BCUT2D eigenvalue weighted by Crippen LogP contribution is -2.25. The topological polar surface area (TPSA) is 43.4 Å². The van der Waals surface area contributed by atoms with E-state index in [2.05, 4.69) is 4.74 Å². The van der Waals surface area contributed by atoms with Gasteiger partial charge in [0, 0.05) is 12.8 Å². The number of unbranched alkanes of at least 4 members (excludes halogenated alkanes) is 3. The Bertz CT molecular complexity index is 249. The predicted molar refractivity (Wildman–Crippen MR) is 55.4 cm³/mol. The highest BCUT2D eigenvalue weighted by Crippen LogP contribution is 2.16. The van der Waals surface area contributed by atoms with Crippen LogP contribution in [0.1, 0.15) is 45.4 Å². The second-order valence-corrected chi connectivity index (χ2v) is 3.69. The number of esters is 1. The highest BCUT2D eigenvalue weighted by atomic mass is 19.4. The van der Waals surface area contributed by atoms with Crippen LogP contribution in [-0.2, 0) is 14.3 Å². The fourth-order valence-corrected chi connectivity index (χ4v) is 1.20. The van der Waals surface area contributed by atoms with Crippen LogP contribution in [0, 0.1) is 0 Å². The van der Waals surface area contributed by atoms with E-state index in [0.717, 1.165) is 12.8 Å². The average Bonchev–Trinajstić information content (AvgIpc) is 2.25. The summed E-state index contributed by atoms with van der Waals surface area (Å²) in [4.78, 5) is 21.2. The fourth-order valence-electron chi connectivity index (χ4n) is 1.20. The van der Waals surface area contributed by atoms with Crippen LogP contribution in [-0.4, -0.2) is 24.5 Å². The molecule has 0 bridgehead atoms. The molecule has 0 unspecified atom stereocenters. The molecule has 6 heteroatoms. The molecule has 0 rings (SSSR count). The lowest BCUT2D eigenvalue weighted by atomic mass is 10.1. The molecule has 0 aromatic heterocycles. The summed E-state index contributed by atoms with van der Waals surface area (Å²) < 4.78 is 39.1. The zero-order chi connectivity index (χ0) is 13.3. The molecule has 0 saturated carbocycles. The number of carbonyl (C=O) groups is 2. The van der Waals surface area contributed by atoms with Gasteiger partial charge in [-0.05, 0) is 12.8 Å². The van der Waals surface area contributed by atoms with Crippen LogP contribution in [0.5, 0.6) is 0 Å². The second-order valence-electron chi connectivity index (χ2n) is 3.69. The van der Waals surface area contributed by atoms with Gasteiger partial charge in [-0.15, -0.1) is 0 Å². The van der Waals surface area contributed by atoms with Gasteiger partial charge in [0.1, 0.15) is 5.78 Å². The maximum absolute atomic E-state index is 11.7. The van der Waals surface area contributed by atoms with Crippen LogP contribution < -0.4 is 0 Å². The SMILES string of the molecule is CCC(=O)CCCCCCOC(=O)C(F)(F)F. The molecule has 0 aliphatic carbocycles. The van der Waals surface area contributed by atoms with E-state index >= 15 is 0 Å². The van der Waals surface area contributed by atoms with Crippen LogP contribution in [0.4, 0.5) is 13.2 Å². The molecule has 0 saturated heterocycles. The molecule has 0 heterocycles. The lowest BCUT2D eigenvalue weighted by molar-refractivity contribution is -0.199. The Morgan fingerprint density at radius 3 is 2.18 bits per heavy atom. The van der Waals surface area contributed by atoms with Gasteiger partial charge in [0.05, 0.1) is 6.61 Å². The number of ketones is 1. The number of halogens is 3. The zero-order valence-electron chi connectivity index (χ0n) is 9.81. The van der Waals surface area contributed by atoms with Gasteiger partial charge in [0.25, 0.3) is 0 Å². The van der Waals surface area contributed by atoms with Crippen molar-refractivity contribution >= 4 is 11.8 Å². The summed E-state index contributed by atoms with van der Waals surface area (Å²) in [6.07, 6.45) is -1.34. The molecule has 0 fully saturated rings. The van der Waals surface area contributed by atoms with Crippen molar-refractivity contribution < 1.29 is 27.5 Å². The van der Waals surface area contributed by atoms with Gasteiger partial charge in [0.2, 0.25) is 0 Å². The Labute approximate surface area is 98.3 Å². The standard InChI is InChI=1S/C11H17F3O3/c1-2-9(15)7-5-3-4-6-8-17-10(16)11(12,13)14/h2-8H2,1H3. The quantitative estimate of drug-likeness (QED) is 0.494. The van der Waals surface area contributed by atoms with Crippen molar-refractivity contribution in [3.05, 3.63) is 0 Å². The van der Waals surface area contributed by atoms with Gasteiger partial charge < -0.3 is 4.74 Å². The Morgan fingerprint density at radius 2 is 1.65 bits per heavy atom. The Hall–Kier alpha value is -1.07. The largest absolute Gasteiger partial charge is 0.490 e. The number of ether oxygens (including phenoxy) is 1. The molecule has 100 valence electrons. The number of Topliss-reactive ketones (excluding diaryl/α,β-unsaturated/α-hetero) is 1. The summed E-state index contributed by atoms with van der Waals surface area (Å²) in [5, 5.41) is 0. The Balaban J connectivity index is 3.36. The van der Waals surface area contributed by atoms with E-state index in [1.54, 1.807) is 6.92 Å². The third kappa shape index (κ3) is 8.71.